The third-order valence-corrected chi connectivity index (χ3v) is 5.78. The number of aliphatic hydroxyl groups is 1. The van der Waals surface area contributed by atoms with Crippen LogP contribution in [0.1, 0.15) is 46.5 Å². The molecule has 4 heteroatoms. The van der Waals surface area contributed by atoms with Crippen LogP contribution < -0.4 is 0 Å². The molecule has 0 bridgehead atoms. The third-order valence-electron chi connectivity index (χ3n) is 5.78. The molecular weight excluding hydrogens is 304 g/mol. The van der Waals surface area contributed by atoms with Gasteiger partial charge in [0.15, 0.2) is 5.60 Å². The van der Waals surface area contributed by atoms with E-state index in [0.29, 0.717) is 0 Å². The van der Waals surface area contributed by atoms with Crippen LogP contribution in [0, 0.1) is 11.8 Å². The summed E-state index contributed by atoms with van der Waals surface area (Å²) < 4.78 is 11.6. The monoisotopic (exact) mass is 332 g/mol. The van der Waals surface area contributed by atoms with Gasteiger partial charge < -0.3 is 14.6 Å². The molecule has 132 valence electrons. The fourth-order valence-electron chi connectivity index (χ4n) is 4.19. The molecule has 0 unspecified atom stereocenters. The Morgan fingerprint density at radius 2 is 2.17 bits per heavy atom. The Balaban J connectivity index is 1.92. The molecule has 0 aromatic carbocycles. The van der Waals surface area contributed by atoms with Crippen molar-refractivity contribution in [3.63, 3.8) is 0 Å². The second kappa shape index (κ2) is 6.16. The van der Waals surface area contributed by atoms with Crippen LogP contribution in [-0.2, 0) is 14.3 Å². The second-order valence-corrected chi connectivity index (χ2v) is 7.88. The van der Waals surface area contributed by atoms with E-state index in [-0.39, 0.29) is 36.1 Å². The van der Waals surface area contributed by atoms with E-state index in [0.717, 1.165) is 36.8 Å². The molecule has 0 spiro atoms. The van der Waals surface area contributed by atoms with Crippen LogP contribution in [0.25, 0.3) is 0 Å². The first-order valence-electron chi connectivity index (χ1n) is 8.83. The predicted octanol–water partition coefficient (Wildman–Crippen LogP) is 3.32. The topological polar surface area (TPSA) is 59.1 Å². The van der Waals surface area contributed by atoms with E-state index in [4.69, 9.17) is 9.47 Å². The number of ether oxygens (including phenoxy) is 2. The smallest absolute Gasteiger partial charge is 0.314 e. The van der Waals surface area contributed by atoms with E-state index in [1.165, 1.54) is 0 Å². The standard InChI is InChI=1S/C20H28O4/c1-13(2)6-5-10-20(12-21)15-9-11-19(4)16(23-19)8-7-14(3)17(15)18(22)24-20/h5-6,10,15-17,21H,3,7-9,11-12H2,1-2,4H3/b10-5+/t15-,16-,17-,19-,20-/m1/s1. The van der Waals surface area contributed by atoms with Gasteiger partial charge in [0, 0.05) is 5.92 Å². The number of epoxide rings is 1. The zero-order valence-corrected chi connectivity index (χ0v) is 14.9. The van der Waals surface area contributed by atoms with Gasteiger partial charge in [-0.2, -0.15) is 0 Å². The highest BCUT2D eigenvalue weighted by molar-refractivity contribution is 5.79. The lowest BCUT2D eigenvalue weighted by molar-refractivity contribution is -0.149. The summed E-state index contributed by atoms with van der Waals surface area (Å²) in [6.45, 7) is 10.1. The summed E-state index contributed by atoms with van der Waals surface area (Å²) in [7, 11) is 0. The van der Waals surface area contributed by atoms with Gasteiger partial charge in [-0.05, 0) is 52.5 Å². The maximum atomic E-state index is 12.6. The van der Waals surface area contributed by atoms with Crippen LogP contribution >= 0.6 is 0 Å². The summed E-state index contributed by atoms with van der Waals surface area (Å²) in [6.07, 6.45) is 9.30. The van der Waals surface area contributed by atoms with Crippen LogP contribution in [0.3, 0.4) is 0 Å². The first kappa shape index (κ1) is 17.4. The molecule has 0 amide bonds. The quantitative estimate of drug-likeness (QED) is 0.373. The van der Waals surface area contributed by atoms with E-state index in [1.54, 1.807) is 0 Å². The summed E-state index contributed by atoms with van der Waals surface area (Å²) in [6, 6.07) is 0. The normalized spacial score (nSPS) is 41.8. The lowest BCUT2D eigenvalue weighted by atomic mass is 9.74. The first-order valence-corrected chi connectivity index (χ1v) is 8.83. The van der Waals surface area contributed by atoms with Crippen molar-refractivity contribution in [2.45, 2.75) is 63.8 Å². The van der Waals surface area contributed by atoms with Crippen LogP contribution in [0.4, 0.5) is 0 Å². The molecule has 24 heavy (non-hydrogen) atoms. The molecule has 2 saturated heterocycles. The van der Waals surface area contributed by atoms with Crippen molar-refractivity contribution in [3.8, 4) is 0 Å². The summed E-state index contributed by atoms with van der Waals surface area (Å²) in [5.41, 5.74) is 1.02. The molecule has 1 N–H and O–H groups in total. The molecular formula is C20H28O4. The van der Waals surface area contributed by atoms with Gasteiger partial charge in [-0.25, -0.2) is 0 Å². The maximum Gasteiger partial charge on any atom is 0.314 e. The average molecular weight is 332 g/mol. The molecule has 3 rings (SSSR count). The molecule has 0 aromatic heterocycles. The first-order chi connectivity index (χ1) is 11.3. The number of allylic oxidation sites excluding steroid dienone is 3. The Hall–Kier alpha value is -1.39. The minimum Gasteiger partial charge on any atom is -0.452 e. The number of esters is 1. The number of hydrogen-bond donors (Lipinski definition) is 1. The maximum absolute atomic E-state index is 12.6. The van der Waals surface area contributed by atoms with E-state index in [9.17, 15) is 9.90 Å². The van der Waals surface area contributed by atoms with E-state index in [2.05, 4.69) is 13.5 Å². The number of cyclic esters (lactones) is 1. The van der Waals surface area contributed by atoms with Crippen molar-refractivity contribution >= 4 is 5.97 Å². The third kappa shape index (κ3) is 2.98. The van der Waals surface area contributed by atoms with Gasteiger partial charge in [0.25, 0.3) is 0 Å². The molecule has 2 heterocycles. The molecule has 0 radical (unpaired) electrons. The highest BCUT2D eigenvalue weighted by atomic mass is 16.6. The molecule has 2 aliphatic heterocycles. The minimum absolute atomic E-state index is 0.0916. The summed E-state index contributed by atoms with van der Waals surface area (Å²) >= 11 is 0. The Morgan fingerprint density at radius 3 is 2.83 bits per heavy atom. The van der Waals surface area contributed by atoms with Crippen molar-refractivity contribution < 1.29 is 19.4 Å². The lowest BCUT2D eigenvalue weighted by Crippen LogP contribution is -2.39. The van der Waals surface area contributed by atoms with Crippen LogP contribution in [-0.4, -0.2) is 35.0 Å². The number of rotatable bonds is 3. The van der Waals surface area contributed by atoms with Gasteiger partial charge in [0.2, 0.25) is 0 Å². The second-order valence-electron chi connectivity index (χ2n) is 7.88. The number of carbonyl (C=O) groups excluding carboxylic acids is 1. The predicted molar refractivity (Wildman–Crippen MR) is 92.3 cm³/mol. The molecule has 0 aromatic rings. The van der Waals surface area contributed by atoms with Gasteiger partial charge in [0.1, 0.15) is 0 Å². The van der Waals surface area contributed by atoms with Crippen molar-refractivity contribution in [2.75, 3.05) is 6.61 Å². The number of carbonyl (C=O) groups is 1. The number of fused-ring (bicyclic) bond motifs is 2. The largest absolute Gasteiger partial charge is 0.452 e. The van der Waals surface area contributed by atoms with Crippen LogP contribution in [0.2, 0.25) is 0 Å². The zero-order valence-electron chi connectivity index (χ0n) is 14.9. The lowest BCUT2D eigenvalue weighted by Gasteiger charge is -2.31. The molecule has 5 atom stereocenters. The molecule has 1 saturated carbocycles. The van der Waals surface area contributed by atoms with E-state index < -0.39 is 5.60 Å². The van der Waals surface area contributed by atoms with E-state index in [1.807, 2.05) is 32.1 Å². The minimum atomic E-state index is -0.957. The van der Waals surface area contributed by atoms with Gasteiger partial charge in [-0.15, -0.1) is 0 Å². The molecule has 3 fully saturated rings. The van der Waals surface area contributed by atoms with Crippen molar-refractivity contribution in [2.24, 2.45) is 11.8 Å². The molecule has 4 nitrogen and oxygen atoms in total. The molecule has 1 aliphatic carbocycles. The summed E-state index contributed by atoms with van der Waals surface area (Å²) in [4.78, 5) is 12.6. The van der Waals surface area contributed by atoms with Gasteiger partial charge in [-0.1, -0.05) is 29.9 Å². The Morgan fingerprint density at radius 1 is 1.42 bits per heavy atom. The SMILES string of the molecule is C=C1CC[C@H]2O[C@]2(C)CC[C@@H]2[C@@H]1C(=O)O[C@]2(/C=C/C=C(C)C)CO. The number of hydrogen-bond acceptors (Lipinski definition) is 4. The Labute approximate surface area is 144 Å². The average Bonchev–Trinajstić information content (AvgIpc) is 3.06. The van der Waals surface area contributed by atoms with Gasteiger partial charge >= 0.3 is 5.97 Å². The van der Waals surface area contributed by atoms with E-state index >= 15 is 0 Å². The van der Waals surface area contributed by atoms with Crippen LogP contribution in [0.15, 0.2) is 36.0 Å². The summed E-state index contributed by atoms with van der Waals surface area (Å²) in [5, 5.41) is 10.1. The van der Waals surface area contributed by atoms with Gasteiger partial charge in [-0.3, -0.25) is 4.79 Å². The Kier molecular flexibility index (Phi) is 4.47. The highest BCUT2D eigenvalue weighted by Crippen LogP contribution is 2.52. The zero-order chi connectivity index (χ0) is 17.5. The van der Waals surface area contributed by atoms with Gasteiger partial charge in [0.05, 0.1) is 24.2 Å². The van der Waals surface area contributed by atoms with Crippen molar-refractivity contribution in [1.82, 2.24) is 0 Å². The highest BCUT2D eigenvalue weighted by Gasteiger charge is 2.58. The number of aliphatic hydroxyl groups excluding tert-OH is 1. The Bertz CT molecular complexity index is 601. The fraction of sp³-hybridized carbons (Fsp3) is 0.650. The molecule has 3 aliphatic rings. The fourth-order valence-corrected chi connectivity index (χ4v) is 4.19. The van der Waals surface area contributed by atoms with Crippen molar-refractivity contribution in [1.29, 1.82) is 0 Å². The van der Waals surface area contributed by atoms with Crippen LogP contribution in [0.5, 0.6) is 0 Å². The van der Waals surface area contributed by atoms with Crippen molar-refractivity contribution in [3.05, 3.63) is 36.0 Å². The summed E-state index contributed by atoms with van der Waals surface area (Å²) in [5.74, 6) is -0.666.